The molecule has 0 aromatic heterocycles. The van der Waals surface area contributed by atoms with Gasteiger partial charge in [-0.2, -0.15) is 0 Å². The molecule has 4 nitrogen and oxygen atoms in total. The van der Waals surface area contributed by atoms with Crippen molar-refractivity contribution in [3.63, 3.8) is 0 Å². The Balaban J connectivity index is 0.000000292. The second-order valence-corrected chi connectivity index (χ2v) is 4.36. The van der Waals surface area contributed by atoms with E-state index in [2.05, 4.69) is 0 Å². The standard InChI is InChI=1S/C6H13BO2.C3H10N2/c1-5(2)6(3,4)9-7-8-5;4-2-1-3-5/h7H,1-4H3;1-5H2. The third-order valence-corrected chi connectivity index (χ3v) is 2.70. The van der Waals surface area contributed by atoms with Crippen LogP contribution in [-0.2, 0) is 9.31 Å². The van der Waals surface area contributed by atoms with Crippen LogP contribution in [0.25, 0.3) is 0 Å². The lowest BCUT2D eigenvalue weighted by atomic mass is 9.90. The maximum atomic E-state index is 5.33. The molecule has 0 radical (unpaired) electrons. The molecule has 4 N–H and O–H groups in total. The minimum atomic E-state index is -0.132. The largest absolute Gasteiger partial charge is 0.439 e. The number of hydrogen-bond donors (Lipinski definition) is 2. The van der Waals surface area contributed by atoms with Crippen LogP contribution < -0.4 is 11.5 Å². The Morgan fingerprint density at radius 1 is 0.929 bits per heavy atom. The average Bonchev–Trinajstić information content (AvgIpc) is 2.27. The fourth-order valence-corrected chi connectivity index (χ4v) is 0.790. The number of rotatable bonds is 2. The Morgan fingerprint density at radius 2 is 1.29 bits per heavy atom. The van der Waals surface area contributed by atoms with Crippen LogP contribution in [0.4, 0.5) is 0 Å². The van der Waals surface area contributed by atoms with Crippen molar-refractivity contribution in [2.24, 2.45) is 11.5 Å². The van der Waals surface area contributed by atoms with E-state index in [0.29, 0.717) is 7.69 Å². The van der Waals surface area contributed by atoms with Crippen LogP contribution in [0.1, 0.15) is 34.1 Å². The molecular formula is C9H23BN2O2. The van der Waals surface area contributed by atoms with Gasteiger partial charge >= 0.3 is 7.69 Å². The van der Waals surface area contributed by atoms with Crippen LogP contribution in [0.15, 0.2) is 0 Å². The van der Waals surface area contributed by atoms with Crippen LogP contribution in [0.5, 0.6) is 0 Å². The second kappa shape index (κ2) is 5.71. The molecule has 0 unspecified atom stereocenters. The van der Waals surface area contributed by atoms with E-state index < -0.39 is 0 Å². The maximum absolute atomic E-state index is 5.33. The SMILES string of the molecule is CC1(C)OBOC1(C)C.NCCCN. The van der Waals surface area contributed by atoms with Crippen molar-refractivity contribution in [2.45, 2.75) is 45.3 Å². The molecule has 0 aromatic rings. The average molecular weight is 202 g/mol. The summed E-state index contributed by atoms with van der Waals surface area (Å²) in [5.74, 6) is 0. The van der Waals surface area contributed by atoms with E-state index in [0.717, 1.165) is 19.5 Å². The van der Waals surface area contributed by atoms with Crippen molar-refractivity contribution >= 4 is 7.69 Å². The van der Waals surface area contributed by atoms with Crippen molar-refractivity contribution in [2.75, 3.05) is 13.1 Å². The first kappa shape index (κ1) is 13.9. The monoisotopic (exact) mass is 202 g/mol. The molecule has 0 atom stereocenters. The van der Waals surface area contributed by atoms with E-state index in [1.54, 1.807) is 0 Å². The van der Waals surface area contributed by atoms with Crippen molar-refractivity contribution < 1.29 is 9.31 Å². The Morgan fingerprint density at radius 3 is 1.36 bits per heavy atom. The number of hydrogen-bond acceptors (Lipinski definition) is 4. The van der Waals surface area contributed by atoms with Crippen LogP contribution >= 0.6 is 0 Å². The molecule has 0 bridgehead atoms. The summed E-state index contributed by atoms with van der Waals surface area (Å²) in [6.07, 6.45) is 0.944. The van der Waals surface area contributed by atoms with Gasteiger partial charge in [0.15, 0.2) is 0 Å². The molecule has 84 valence electrons. The highest BCUT2D eigenvalue weighted by molar-refractivity contribution is 6.19. The normalized spacial score (nSPS) is 22.1. The van der Waals surface area contributed by atoms with Gasteiger partial charge in [-0.3, -0.25) is 0 Å². The topological polar surface area (TPSA) is 70.5 Å². The van der Waals surface area contributed by atoms with Gasteiger partial charge in [-0.15, -0.1) is 0 Å². The van der Waals surface area contributed by atoms with Crippen LogP contribution in [0.2, 0.25) is 0 Å². The molecule has 0 aliphatic carbocycles. The Kier molecular flexibility index (Phi) is 5.67. The summed E-state index contributed by atoms with van der Waals surface area (Å²) in [5.41, 5.74) is 9.85. The fourth-order valence-electron chi connectivity index (χ4n) is 0.790. The maximum Gasteiger partial charge on any atom is 0.439 e. The first-order valence-electron chi connectivity index (χ1n) is 5.05. The van der Waals surface area contributed by atoms with E-state index in [9.17, 15) is 0 Å². The molecule has 1 aliphatic heterocycles. The van der Waals surface area contributed by atoms with Crippen LogP contribution in [0, 0.1) is 0 Å². The lowest BCUT2D eigenvalue weighted by Gasteiger charge is -2.32. The van der Waals surface area contributed by atoms with Gasteiger partial charge < -0.3 is 20.8 Å². The first-order chi connectivity index (χ1) is 6.37. The third-order valence-electron chi connectivity index (χ3n) is 2.70. The lowest BCUT2D eigenvalue weighted by molar-refractivity contribution is 0.00578. The second-order valence-electron chi connectivity index (χ2n) is 4.36. The highest BCUT2D eigenvalue weighted by atomic mass is 16.7. The van der Waals surface area contributed by atoms with Crippen LogP contribution in [-0.4, -0.2) is 32.0 Å². The molecule has 1 aliphatic rings. The Bertz CT molecular complexity index is 147. The van der Waals surface area contributed by atoms with Crippen molar-refractivity contribution in [3.8, 4) is 0 Å². The third kappa shape index (κ3) is 3.96. The fraction of sp³-hybridized carbons (Fsp3) is 1.00. The Labute approximate surface area is 87.6 Å². The van der Waals surface area contributed by atoms with E-state index in [-0.39, 0.29) is 11.2 Å². The Hall–Kier alpha value is -0.0951. The molecule has 0 aromatic carbocycles. The zero-order chi connectivity index (χ0) is 11.2. The van der Waals surface area contributed by atoms with Crippen molar-refractivity contribution in [3.05, 3.63) is 0 Å². The van der Waals surface area contributed by atoms with E-state index in [1.807, 2.05) is 27.7 Å². The molecule has 1 saturated heterocycles. The van der Waals surface area contributed by atoms with Gasteiger partial charge in [-0.05, 0) is 47.2 Å². The van der Waals surface area contributed by atoms with Gasteiger partial charge in [0.05, 0.1) is 11.2 Å². The highest BCUT2D eigenvalue weighted by Crippen LogP contribution is 2.33. The molecule has 14 heavy (non-hydrogen) atoms. The van der Waals surface area contributed by atoms with Crippen molar-refractivity contribution in [1.82, 2.24) is 0 Å². The van der Waals surface area contributed by atoms with Gasteiger partial charge in [0.1, 0.15) is 0 Å². The summed E-state index contributed by atoms with van der Waals surface area (Å²) >= 11 is 0. The van der Waals surface area contributed by atoms with Gasteiger partial charge in [0.2, 0.25) is 0 Å². The first-order valence-corrected chi connectivity index (χ1v) is 5.05. The predicted molar refractivity (Wildman–Crippen MR) is 60.2 cm³/mol. The summed E-state index contributed by atoms with van der Waals surface area (Å²) in [6, 6.07) is 0. The molecular weight excluding hydrogens is 179 g/mol. The smallest absolute Gasteiger partial charge is 0.406 e. The van der Waals surface area contributed by atoms with Gasteiger partial charge in [-0.1, -0.05) is 0 Å². The molecule has 1 rings (SSSR count). The van der Waals surface area contributed by atoms with E-state index >= 15 is 0 Å². The summed E-state index contributed by atoms with van der Waals surface area (Å²) in [5, 5.41) is 0. The molecule has 5 heteroatoms. The van der Waals surface area contributed by atoms with Gasteiger partial charge in [0.25, 0.3) is 0 Å². The quantitative estimate of drug-likeness (QED) is 0.625. The van der Waals surface area contributed by atoms with Crippen molar-refractivity contribution in [1.29, 1.82) is 0 Å². The van der Waals surface area contributed by atoms with E-state index in [1.165, 1.54) is 0 Å². The summed E-state index contributed by atoms with van der Waals surface area (Å²) in [7, 11) is 0.431. The molecule has 0 saturated carbocycles. The zero-order valence-corrected chi connectivity index (χ0v) is 9.80. The molecule has 0 spiro atoms. The minimum absolute atomic E-state index is 0.132. The zero-order valence-electron chi connectivity index (χ0n) is 9.80. The summed E-state index contributed by atoms with van der Waals surface area (Å²) in [4.78, 5) is 0. The van der Waals surface area contributed by atoms with Gasteiger partial charge in [0, 0.05) is 0 Å². The molecule has 1 fully saturated rings. The summed E-state index contributed by atoms with van der Waals surface area (Å²) < 4.78 is 10.7. The minimum Gasteiger partial charge on any atom is -0.406 e. The number of nitrogens with two attached hydrogens (primary N) is 2. The molecule has 1 heterocycles. The van der Waals surface area contributed by atoms with E-state index in [4.69, 9.17) is 20.8 Å². The van der Waals surface area contributed by atoms with Crippen LogP contribution in [0.3, 0.4) is 0 Å². The lowest BCUT2D eigenvalue weighted by Crippen LogP contribution is -2.41. The highest BCUT2D eigenvalue weighted by Gasteiger charge is 2.44. The van der Waals surface area contributed by atoms with Gasteiger partial charge in [-0.25, -0.2) is 0 Å². The molecule has 0 amide bonds. The predicted octanol–water partition coefficient (Wildman–Crippen LogP) is 0.151. The summed E-state index contributed by atoms with van der Waals surface area (Å²) in [6.45, 7) is 9.60.